The Balaban J connectivity index is 3.66. The summed E-state index contributed by atoms with van der Waals surface area (Å²) in [4.78, 5) is 11.0. The average molecular weight is 201 g/mol. The summed E-state index contributed by atoms with van der Waals surface area (Å²) in [5, 5.41) is 19.3. The van der Waals surface area contributed by atoms with E-state index in [-0.39, 0.29) is 6.54 Å². The van der Waals surface area contributed by atoms with Crippen molar-refractivity contribution in [3.63, 3.8) is 0 Å². The number of nitrogens with one attached hydrogen (secondary N) is 1. The molecule has 0 fully saturated rings. The normalized spacial score (nSPS) is 11.5. The van der Waals surface area contributed by atoms with Crippen molar-refractivity contribution >= 4 is 13.2 Å². The molecule has 0 bridgehead atoms. The maximum absolute atomic E-state index is 11.0. The molecule has 0 aliphatic rings. The molecule has 6 heteroatoms. The Bertz CT molecular complexity index is 210. The Labute approximate surface area is 83.9 Å². The van der Waals surface area contributed by atoms with Crippen molar-refractivity contribution in [3.8, 4) is 0 Å². The Kier molecular flexibility index (Phi) is 5.26. The van der Waals surface area contributed by atoms with Gasteiger partial charge in [-0.2, -0.15) is 0 Å². The molecule has 0 saturated heterocycles. The minimum Gasteiger partial charge on any atom is -0.444 e. The van der Waals surface area contributed by atoms with Gasteiger partial charge in [-0.1, -0.05) is 12.1 Å². The van der Waals surface area contributed by atoms with E-state index < -0.39 is 18.8 Å². The molecule has 0 atom stereocenters. The second-order valence-electron chi connectivity index (χ2n) is 3.72. The topological polar surface area (TPSA) is 78.8 Å². The van der Waals surface area contributed by atoms with Gasteiger partial charge in [-0.3, -0.25) is 0 Å². The van der Waals surface area contributed by atoms with Crippen molar-refractivity contribution in [1.29, 1.82) is 0 Å². The van der Waals surface area contributed by atoms with E-state index in [1.807, 2.05) is 0 Å². The Morgan fingerprint density at radius 1 is 1.50 bits per heavy atom. The van der Waals surface area contributed by atoms with Gasteiger partial charge in [-0.05, 0) is 20.8 Å². The van der Waals surface area contributed by atoms with Crippen LogP contribution in [0.5, 0.6) is 0 Å². The predicted octanol–water partition coefficient (Wildman–Crippen LogP) is 0.0793. The van der Waals surface area contributed by atoms with Crippen LogP contribution in [0.15, 0.2) is 12.1 Å². The molecule has 0 aliphatic heterocycles. The molecule has 1 amide bonds. The Morgan fingerprint density at radius 3 is 2.50 bits per heavy atom. The molecule has 0 heterocycles. The van der Waals surface area contributed by atoms with Crippen LogP contribution in [0.4, 0.5) is 4.79 Å². The summed E-state index contributed by atoms with van der Waals surface area (Å²) in [6, 6.07) is 0. The van der Waals surface area contributed by atoms with Crippen molar-refractivity contribution < 1.29 is 19.6 Å². The lowest BCUT2D eigenvalue weighted by atomic mass is 9.92. The zero-order chi connectivity index (χ0) is 11.2. The fourth-order valence-electron chi connectivity index (χ4n) is 0.646. The molecular formula is C8H16BNO4. The second kappa shape index (κ2) is 5.67. The first-order chi connectivity index (χ1) is 6.31. The zero-order valence-electron chi connectivity index (χ0n) is 8.65. The van der Waals surface area contributed by atoms with Gasteiger partial charge in [0, 0.05) is 6.54 Å². The minimum absolute atomic E-state index is 0.201. The summed E-state index contributed by atoms with van der Waals surface area (Å²) in [5.74, 6) is 1.15. The van der Waals surface area contributed by atoms with Gasteiger partial charge in [0.05, 0.1) is 0 Å². The molecule has 0 rings (SSSR count). The summed E-state index contributed by atoms with van der Waals surface area (Å²) < 4.78 is 4.94. The van der Waals surface area contributed by atoms with Crippen LogP contribution in [0.2, 0.25) is 0 Å². The number of carbonyl (C=O) groups excluding carboxylic acids is 1. The number of alkyl carbamates (subject to hydrolysis) is 1. The van der Waals surface area contributed by atoms with Crippen LogP contribution in [0, 0.1) is 0 Å². The maximum Gasteiger partial charge on any atom is 0.480 e. The van der Waals surface area contributed by atoms with Crippen molar-refractivity contribution in [3.05, 3.63) is 12.1 Å². The smallest absolute Gasteiger partial charge is 0.444 e. The van der Waals surface area contributed by atoms with Crippen LogP contribution in [-0.2, 0) is 4.74 Å². The van der Waals surface area contributed by atoms with Gasteiger partial charge in [0.15, 0.2) is 0 Å². The molecule has 0 aromatic heterocycles. The van der Waals surface area contributed by atoms with Crippen LogP contribution in [0.1, 0.15) is 20.8 Å². The van der Waals surface area contributed by atoms with E-state index in [0.717, 1.165) is 5.98 Å². The van der Waals surface area contributed by atoms with Gasteiger partial charge < -0.3 is 20.1 Å². The van der Waals surface area contributed by atoms with Crippen LogP contribution < -0.4 is 5.32 Å². The van der Waals surface area contributed by atoms with Crippen LogP contribution in [-0.4, -0.2) is 35.4 Å². The van der Waals surface area contributed by atoms with Gasteiger partial charge in [0.2, 0.25) is 0 Å². The molecule has 14 heavy (non-hydrogen) atoms. The number of amides is 1. The van der Waals surface area contributed by atoms with Crippen molar-refractivity contribution in [2.24, 2.45) is 0 Å². The molecule has 0 radical (unpaired) electrons. The first-order valence-electron chi connectivity index (χ1n) is 4.31. The summed E-state index contributed by atoms with van der Waals surface area (Å²) in [6.45, 7) is 5.49. The molecule has 0 aromatic carbocycles. The lowest BCUT2D eigenvalue weighted by Gasteiger charge is -2.19. The predicted molar refractivity (Wildman–Crippen MR) is 53.6 cm³/mol. The first-order valence-corrected chi connectivity index (χ1v) is 4.31. The van der Waals surface area contributed by atoms with E-state index in [0.29, 0.717) is 0 Å². The van der Waals surface area contributed by atoms with E-state index in [1.165, 1.54) is 6.08 Å². The highest BCUT2D eigenvalue weighted by atomic mass is 16.6. The Morgan fingerprint density at radius 2 is 2.07 bits per heavy atom. The standard InChI is InChI=1S/C8H16BNO4/c1-8(2,3)14-7(11)10-6-4-5-9(12)13/h4-5,12-13H,6H2,1-3H3,(H,10,11)/b5-4+. The summed E-state index contributed by atoms with van der Waals surface area (Å²) in [7, 11) is -1.49. The third kappa shape index (κ3) is 9.09. The molecule has 3 N–H and O–H groups in total. The van der Waals surface area contributed by atoms with Crippen molar-refractivity contribution in [2.75, 3.05) is 6.54 Å². The van der Waals surface area contributed by atoms with E-state index in [9.17, 15) is 4.79 Å². The largest absolute Gasteiger partial charge is 0.480 e. The molecule has 0 spiro atoms. The van der Waals surface area contributed by atoms with Gasteiger partial charge in [-0.15, -0.1) is 0 Å². The Hall–Kier alpha value is -1.01. The SMILES string of the molecule is CC(C)(C)OC(=O)NC/C=C/B(O)O. The number of hydrogen-bond acceptors (Lipinski definition) is 4. The fourth-order valence-corrected chi connectivity index (χ4v) is 0.646. The fraction of sp³-hybridized carbons (Fsp3) is 0.625. The van der Waals surface area contributed by atoms with Gasteiger partial charge in [0.1, 0.15) is 5.60 Å². The van der Waals surface area contributed by atoms with Crippen LogP contribution in [0.25, 0.3) is 0 Å². The van der Waals surface area contributed by atoms with Crippen LogP contribution >= 0.6 is 0 Å². The molecular weight excluding hydrogens is 185 g/mol. The highest BCUT2D eigenvalue weighted by molar-refractivity contribution is 6.47. The highest BCUT2D eigenvalue weighted by Gasteiger charge is 2.14. The molecule has 80 valence electrons. The molecule has 0 saturated carbocycles. The van der Waals surface area contributed by atoms with E-state index in [1.54, 1.807) is 20.8 Å². The quantitative estimate of drug-likeness (QED) is 0.565. The minimum atomic E-state index is -1.49. The number of hydrogen-bond donors (Lipinski definition) is 3. The van der Waals surface area contributed by atoms with E-state index in [2.05, 4.69) is 5.32 Å². The van der Waals surface area contributed by atoms with Crippen molar-refractivity contribution in [1.82, 2.24) is 5.32 Å². The van der Waals surface area contributed by atoms with Gasteiger partial charge in [-0.25, -0.2) is 4.79 Å². The summed E-state index contributed by atoms with van der Waals surface area (Å²) in [5.41, 5.74) is -0.524. The number of carbonyl (C=O) groups is 1. The zero-order valence-corrected chi connectivity index (χ0v) is 8.65. The first kappa shape index (κ1) is 13.0. The van der Waals surface area contributed by atoms with Gasteiger partial charge >= 0.3 is 13.2 Å². The maximum atomic E-state index is 11.0. The lowest BCUT2D eigenvalue weighted by molar-refractivity contribution is 0.0534. The lowest BCUT2D eigenvalue weighted by Crippen LogP contribution is -2.32. The molecule has 0 aliphatic carbocycles. The second-order valence-corrected chi connectivity index (χ2v) is 3.72. The molecule has 5 nitrogen and oxygen atoms in total. The van der Waals surface area contributed by atoms with Gasteiger partial charge in [0.25, 0.3) is 0 Å². The number of rotatable bonds is 3. The third-order valence-corrected chi connectivity index (χ3v) is 1.07. The monoisotopic (exact) mass is 201 g/mol. The van der Waals surface area contributed by atoms with E-state index in [4.69, 9.17) is 14.8 Å². The third-order valence-electron chi connectivity index (χ3n) is 1.07. The highest BCUT2D eigenvalue weighted by Crippen LogP contribution is 2.05. The summed E-state index contributed by atoms with van der Waals surface area (Å²) in [6.07, 6.45) is 0.892. The summed E-state index contributed by atoms with van der Waals surface area (Å²) >= 11 is 0. The van der Waals surface area contributed by atoms with E-state index >= 15 is 0 Å². The number of ether oxygens (including phenoxy) is 1. The van der Waals surface area contributed by atoms with Crippen molar-refractivity contribution in [2.45, 2.75) is 26.4 Å². The molecule has 0 unspecified atom stereocenters. The van der Waals surface area contributed by atoms with Crippen LogP contribution in [0.3, 0.4) is 0 Å². The average Bonchev–Trinajstić information content (AvgIpc) is 1.94. The molecule has 0 aromatic rings.